The Morgan fingerprint density at radius 3 is 1.35 bits per heavy atom. The predicted molar refractivity (Wildman–Crippen MR) is 211 cm³/mol. The van der Waals surface area contributed by atoms with Gasteiger partial charge < -0.3 is 9.47 Å². The van der Waals surface area contributed by atoms with E-state index >= 15 is 0 Å². The Morgan fingerprint density at radius 2 is 1.02 bits per heavy atom. The van der Waals surface area contributed by atoms with E-state index in [-0.39, 0.29) is 36.6 Å². The first-order valence-electron chi connectivity index (χ1n) is 18.3. The lowest BCUT2D eigenvalue weighted by Crippen LogP contribution is -2.24. The predicted octanol–water partition coefficient (Wildman–Crippen LogP) is 9.11. The smallest absolute Gasteiger partial charge is 0.430 e. The summed E-state index contributed by atoms with van der Waals surface area (Å²) in [6.07, 6.45) is 4.15. The fourth-order valence-corrected chi connectivity index (χ4v) is 8.02. The molecule has 0 radical (unpaired) electrons. The molecular weight excluding hydrogens is 673 g/mol. The quantitative estimate of drug-likeness (QED) is 0.133. The lowest BCUT2D eigenvalue weighted by Gasteiger charge is -2.28. The molecule has 2 aliphatic carbocycles. The number of aromatic nitrogens is 2. The number of pyridine rings is 2. The van der Waals surface area contributed by atoms with Crippen molar-refractivity contribution in [3.8, 4) is 23.7 Å². The van der Waals surface area contributed by atoms with Gasteiger partial charge in [0, 0.05) is 70.7 Å². The summed E-state index contributed by atoms with van der Waals surface area (Å²) in [7, 11) is 0. The van der Waals surface area contributed by atoms with Crippen LogP contribution < -0.4 is 0 Å². The topological polar surface area (TPSA) is 95.5 Å². The highest BCUT2D eigenvalue weighted by Gasteiger charge is 2.34. The Morgan fingerprint density at radius 1 is 0.630 bits per heavy atom. The van der Waals surface area contributed by atoms with E-state index in [1.807, 2.05) is 88.4 Å². The summed E-state index contributed by atoms with van der Waals surface area (Å²) in [5, 5.41) is 0. The number of ether oxygens (including phenoxy) is 2. The number of aryl methyl sites for hydroxylation is 4. The second kappa shape index (κ2) is 16.7. The van der Waals surface area contributed by atoms with Gasteiger partial charge in [0.1, 0.15) is 13.2 Å². The van der Waals surface area contributed by atoms with Crippen LogP contribution in [0, 0.1) is 51.4 Å². The number of benzene rings is 2. The number of Topliss-reactive ketones (excluding diaryl/α,β-unsaturated/α-hetero) is 2. The van der Waals surface area contributed by atoms with Gasteiger partial charge in [0.25, 0.3) is 0 Å². The van der Waals surface area contributed by atoms with Crippen molar-refractivity contribution in [1.29, 1.82) is 0 Å². The van der Waals surface area contributed by atoms with E-state index in [2.05, 4.69) is 33.6 Å². The van der Waals surface area contributed by atoms with Gasteiger partial charge in [0.05, 0.1) is 0 Å². The average molecular weight is 717 g/mol. The largest absolute Gasteiger partial charge is 0.508 e. The minimum Gasteiger partial charge on any atom is -0.430 e. The molecule has 0 aliphatic heterocycles. The highest BCUT2D eigenvalue weighted by atomic mass is 16.7. The number of allylic oxidation sites excluding steroid dienone is 2. The molecule has 7 nitrogen and oxygen atoms in total. The lowest BCUT2D eigenvalue weighted by atomic mass is 9.77. The second-order valence-corrected chi connectivity index (χ2v) is 14.1. The molecule has 2 aromatic heterocycles. The third-order valence-corrected chi connectivity index (χ3v) is 10.2. The Bertz CT molecular complexity index is 2100. The van der Waals surface area contributed by atoms with Crippen LogP contribution in [-0.4, -0.2) is 40.9 Å². The molecule has 4 aromatic rings. The number of nitrogens with zero attached hydrogens (tertiary/aromatic N) is 2. The van der Waals surface area contributed by atoms with E-state index in [0.29, 0.717) is 48.0 Å². The summed E-state index contributed by atoms with van der Waals surface area (Å²) in [5.74, 6) is 11.8. The van der Waals surface area contributed by atoms with Crippen LogP contribution in [-0.2, 0) is 19.1 Å². The summed E-state index contributed by atoms with van der Waals surface area (Å²) in [6.45, 7) is 11.2. The molecule has 0 spiro atoms. The number of ketones is 2. The normalized spacial score (nSPS) is 17.0. The molecule has 2 unspecified atom stereocenters. The maximum Gasteiger partial charge on any atom is 0.508 e. The molecule has 0 saturated heterocycles. The van der Waals surface area contributed by atoms with E-state index in [9.17, 15) is 14.4 Å². The Balaban J connectivity index is 1.30. The Hall–Kier alpha value is -6.05. The summed E-state index contributed by atoms with van der Waals surface area (Å²) in [4.78, 5) is 50.6. The highest BCUT2D eigenvalue weighted by molar-refractivity contribution is 6.24. The zero-order chi connectivity index (χ0) is 38.4. The molecule has 2 atom stereocenters. The van der Waals surface area contributed by atoms with E-state index in [4.69, 9.17) is 9.47 Å². The van der Waals surface area contributed by atoms with Gasteiger partial charge in [-0.2, -0.15) is 0 Å². The van der Waals surface area contributed by atoms with Crippen molar-refractivity contribution in [2.24, 2.45) is 0 Å². The van der Waals surface area contributed by atoms with Gasteiger partial charge in [-0.15, -0.1) is 11.8 Å². The van der Waals surface area contributed by atoms with Crippen molar-refractivity contribution in [1.82, 2.24) is 9.97 Å². The maximum atomic E-state index is 14.0. The monoisotopic (exact) mass is 716 g/mol. The summed E-state index contributed by atoms with van der Waals surface area (Å²) in [6, 6.07) is 19.3. The van der Waals surface area contributed by atoms with Crippen LogP contribution in [0.2, 0.25) is 0 Å². The van der Waals surface area contributed by atoms with Crippen molar-refractivity contribution in [2.75, 3.05) is 13.2 Å². The molecule has 0 bridgehead atoms. The average Bonchev–Trinajstić information content (AvgIpc) is 3.15. The van der Waals surface area contributed by atoms with E-state index < -0.39 is 6.16 Å². The zero-order valence-corrected chi connectivity index (χ0v) is 31.8. The minimum atomic E-state index is -0.877. The molecule has 0 fully saturated rings. The van der Waals surface area contributed by atoms with Gasteiger partial charge in [-0.05, 0) is 147 Å². The third-order valence-electron chi connectivity index (χ3n) is 10.2. The summed E-state index contributed by atoms with van der Waals surface area (Å²) in [5.41, 5.74) is 11.3. The van der Waals surface area contributed by atoms with Gasteiger partial charge in [0.2, 0.25) is 0 Å². The van der Waals surface area contributed by atoms with Crippen LogP contribution in [0.15, 0.2) is 84.2 Å². The van der Waals surface area contributed by atoms with Crippen LogP contribution in [0.3, 0.4) is 0 Å². The Labute approximate surface area is 317 Å². The lowest BCUT2D eigenvalue weighted by molar-refractivity contribution is -0.115. The van der Waals surface area contributed by atoms with Crippen molar-refractivity contribution >= 4 is 28.9 Å². The van der Waals surface area contributed by atoms with Crippen molar-refractivity contribution in [2.45, 2.75) is 79.1 Å². The van der Waals surface area contributed by atoms with Gasteiger partial charge in [0.15, 0.2) is 11.6 Å². The van der Waals surface area contributed by atoms with Gasteiger partial charge >= 0.3 is 6.16 Å². The fourth-order valence-electron chi connectivity index (χ4n) is 8.02. The van der Waals surface area contributed by atoms with E-state index in [0.717, 1.165) is 55.9 Å². The molecule has 7 heteroatoms. The van der Waals surface area contributed by atoms with Crippen molar-refractivity contribution < 1.29 is 23.9 Å². The van der Waals surface area contributed by atoms with Gasteiger partial charge in [-0.1, -0.05) is 24.0 Å². The van der Waals surface area contributed by atoms with Crippen LogP contribution in [0.5, 0.6) is 0 Å². The van der Waals surface area contributed by atoms with E-state index in [1.165, 1.54) is 0 Å². The molecule has 2 heterocycles. The van der Waals surface area contributed by atoms with Crippen LogP contribution in [0.25, 0.3) is 11.1 Å². The minimum absolute atomic E-state index is 0.0258. The fraction of sp³-hybridized carbons (Fsp3) is 0.298. The second-order valence-electron chi connectivity index (χ2n) is 14.1. The molecule has 0 N–H and O–H groups in total. The molecule has 2 aromatic carbocycles. The first-order valence-corrected chi connectivity index (χ1v) is 18.3. The van der Waals surface area contributed by atoms with Crippen LogP contribution >= 0.6 is 0 Å². The Kier molecular flexibility index (Phi) is 11.7. The van der Waals surface area contributed by atoms with Gasteiger partial charge in [-0.3, -0.25) is 19.6 Å². The van der Waals surface area contributed by atoms with Gasteiger partial charge in [-0.25, -0.2) is 4.79 Å². The summed E-state index contributed by atoms with van der Waals surface area (Å²) < 4.78 is 11.6. The standard InChI is InChI=1S/C47H44N2O5/c1-7-13-33-19-29(3)43(30(4)20-33)45-37(23-35(25-41(45)50)39-15-9-11-17-48-39)27-53-47(52)54-28-38-24-36(40-16-10-12-18-49-40)26-42(51)46(38)44-31(5)21-34(14-8-2)22-32(44)6/h9-12,15-22,35-36H,23-28H2,1-6H3. The van der Waals surface area contributed by atoms with Crippen LogP contribution in [0.4, 0.5) is 4.79 Å². The molecule has 0 amide bonds. The number of carbonyl (C=O) groups is 3. The molecular formula is C47H44N2O5. The molecule has 54 heavy (non-hydrogen) atoms. The van der Waals surface area contributed by atoms with Crippen molar-refractivity contribution in [3.05, 3.63) is 140 Å². The number of hydrogen-bond acceptors (Lipinski definition) is 7. The molecule has 2 aliphatic rings. The van der Waals surface area contributed by atoms with Crippen molar-refractivity contribution in [3.63, 3.8) is 0 Å². The molecule has 0 saturated carbocycles. The molecule has 272 valence electrons. The van der Waals surface area contributed by atoms with E-state index in [1.54, 1.807) is 26.2 Å². The number of carbonyl (C=O) groups excluding carboxylic acids is 3. The number of rotatable bonds is 8. The zero-order valence-electron chi connectivity index (χ0n) is 31.8. The number of hydrogen-bond donors (Lipinski definition) is 0. The first kappa shape index (κ1) is 37.7. The molecule has 6 rings (SSSR count). The third kappa shape index (κ3) is 8.27. The first-order chi connectivity index (χ1) is 26.1. The summed E-state index contributed by atoms with van der Waals surface area (Å²) >= 11 is 0. The maximum absolute atomic E-state index is 14.0. The van der Waals surface area contributed by atoms with Crippen LogP contribution in [0.1, 0.15) is 107 Å². The highest BCUT2D eigenvalue weighted by Crippen LogP contribution is 2.42. The SMILES string of the molecule is CC#Cc1cc(C)c(C2=C(COC(=O)OCC3=C(c4c(C)cc(C#CC)cc4C)C(=O)CC(c4ccccn4)C3)CC(c3ccccn3)CC2=O)c(C)c1.